The summed E-state index contributed by atoms with van der Waals surface area (Å²) in [5.41, 5.74) is 1.72. The molecule has 1 N–H and O–H groups in total. The van der Waals surface area contributed by atoms with Crippen molar-refractivity contribution in [1.29, 1.82) is 0 Å². The van der Waals surface area contributed by atoms with Gasteiger partial charge in [0.25, 0.3) is 0 Å². The highest BCUT2D eigenvalue weighted by molar-refractivity contribution is 7.19. The molecule has 1 amide bonds. The van der Waals surface area contributed by atoms with Crippen molar-refractivity contribution >= 4 is 22.4 Å². The van der Waals surface area contributed by atoms with E-state index in [9.17, 15) is 4.79 Å². The SMILES string of the molecule is COc1ccc(C2(C(=O)Nc3ncc(-c4ccccc4)s3)CC2)cc1. The third-order valence-corrected chi connectivity index (χ3v) is 5.57. The van der Waals surface area contributed by atoms with Gasteiger partial charge in [0.15, 0.2) is 5.13 Å². The van der Waals surface area contributed by atoms with Gasteiger partial charge in [-0.25, -0.2) is 4.98 Å². The number of carbonyl (C=O) groups excluding carboxylic acids is 1. The van der Waals surface area contributed by atoms with Gasteiger partial charge in [0.1, 0.15) is 5.75 Å². The normalized spacial score (nSPS) is 14.8. The van der Waals surface area contributed by atoms with Crippen LogP contribution in [0.15, 0.2) is 60.8 Å². The Kier molecular flexibility index (Phi) is 4.01. The highest BCUT2D eigenvalue weighted by atomic mass is 32.1. The third kappa shape index (κ3) is 3.03. The Bertz CT molecular complexity index is 884. The van der Waals surface area contributed by atoms with Crippen LogP contribution in [0.25, 0.3) is 10.4 Å². The van der Waals surface area contributed by atoms with Crippen molar-refractivity contribution in [2.75, 3.05) is 12.4 Å². The molecule has 0 unspecified atom stereocenters. The highest BCUT2D eigenvalue weighted by Gasteiger charge is 2.51. The van der Waals surface area contributed by atoms with Gasteiger partial charge in [-0.3, -0.25) is 4.79 Å². The first-order chi connectivity index (χ1) is 12.2. The number of amides is 1. The minimum Gasteiger partial charge on any atom is -0.497 e. The molecule has 5 heteroatoms. The van der Waals surface area contributed by atoms with Crippen LogP contribution in [-0.2, 0) is 10.2 Å². The van der Waals surface area contributed by atoms with Gasteiger partial charge in [0, 0.05) is 6.20 Å². The second-order valence-electron chi connectivity index (χ2n) is 6.16. The Hall–Kier alpha value is -2.66. The first kappa shape index (κ1) is 15.8. The smallest absolute Gasteiger partial charge is 0.236 e. The molecule has 0 atom stereocenters. The number of methoxy groups -OCH3 is 1. The molecule has 1 aliphatic rings. The number of aromatic nitrogens is 1. The number of hydrogen-bond acceptors (Lipinski definition) is 4. The number of benzene rings is 2. The summed E-state index contributed by atoms with van der Waals surface area (Å²) < 4.78 is 5.19. The number of nitrogens with zero attached hydrogens (tertiary/aromatic N) is 1. The largest absolute Gasteiger partial charge is 0.497 e. The molecule has 0 radical (unpaired) electrons. The molecule has 1 aliphatic carbocycles. The topological polar surface area (TPSA) is 51.2 Å². The van der Waals surface area contributed by atoms with Gasteiger partial charge in [-0.15, -0.1) is 0 Å². The fraction of sp³-hybridized carbons (Fsp3) is 0.200. The fourth-order valence-corrected chi connectivity index (χ4v) is 3.78. The van der Waals surface area contributed by atoms with Gasteiger partial charge in [-0.05, 0) is 36.1 Å². The lowest BCUT2D eigenvalue weighted by molar-refractivity contribution is -0.118. The molecular weight excluding hydrogens is 332 g/mol. The molecule has 3 aromatic rings. The first-order valence-corrected chi connectivity index (χ1v) is 9.00. The average Bonchev–Trinajstić information content (AvgIpc) is 3.36. The first-order valence-electron chi connectivity index (χ1n) is 8.18. The van der Waals surface area contributed by atoms with E-state index in [1.165, 1.54) is 11.3 Å². The number of hydrogen-bond donors (Lipinski definition) is 1. The molecular formula is C20H18N2O2S. The van der Waals surface area contributed by atoms with E-state index in [0.717, 1.165) is 34.6 Å². The van der Waals surface area contributed by atoms with E-state index in [-0.39, 0.29) is 5.91 Å². The van der Waals surface area contributed by atoms with Gasteiger partial charge in [0.2, 0.25) is 5.91 Å². The Balaban J connectivity index is 1.51. The monoisotopic (exact) mass is 350 g/mol. The van der Waals surface area contributed by atoms with Crippen LogP contribution in [0.3, 0.4) is 0 Å². The van der Waals surface area contributed by atoms with E-state index in [0.29, 0.717) is 5.13 Å². The maximum absolute atomic E-state index is 12.8. The van der Waals surface area contributed by atoms with Crippen molar-refractivity contribution < 1.29 is 9.53 Å². The van der Waals surface area contributed by atoms with Crippen molar-refractivity contribution in [1.82, 2.24) is 4.98 Å². The Labute approximate surface area is 150 Å². The number of anilines is 1. The summed E-state index contributed by atoms with van der Waals surface area (Å²) >= 11 is 1.50. The van der Waals surface area contributed by atoms with Crippen molar-refractivity contribution in [3.8, 4) is 16.2 Å². The van der Waals surface area contributed by atoms with Crippen LogP contribution < -0.4 is 10.1 Å². The van der Waals surface area contributed by atoms with Crippen LogP contribution in [0.1, 0.15) is 18.4 Å². The molecule has 0 spiro atoms. The van der Waals surface area contributed by atoms with Crippen molar-refractivity contribution in [2.45, 2.75) is 18.3 Å². The average molecular weight is 350 g/mol. The summed E-state index contributed by atoms with van der Waals surface area (Å²) in [6, 6.07) is 17.8. The molecule has 0 saturated heterocycles. The summed E-state index contributed by atoms with van der Waals surface area (Å²) in [6.07, 6.45) is 3.53. The number of thiazole rings is 1. The number of ether oxygens (including phenoxy) is 1. The third-order valence-electron chi connectivity index (χ3n) is 4.61. The van der Waals surface area contributed by atoms with E-state index in [4.69, 9.17) is 4.74 Å². The highest BCUT2D eigenvalue weighted by Crippen LogP contribution is 2.49. The molecule has 0 aliphatic heterocycles. The van der Waals surface area contributed by atoms with Crippen LogP contribution in [-0.4, -0.2) is 18.0 Å². The summed E-state index contributed by atoms with van der Waals surface area (Å²) in [6.45, 7) is 0. The Morgan fingerprint density at radius 2 is 1.84 bits per heavy atom. The van der Waals surface area contributed by atoms with Crippen LogP contribution in [0.5, 0.6) is 5.75 Å². The lowest BCUT2D eigenvalue weighted by atomic mass is 9.95. The van der Waals surface area contributed by atoms with Crippen molar-refractivity contribution in [2.24, 2.45) is 0 Å². The maximum Gasteiger partial charge on any atom is 0.236 e. The van der Waals surface area contributed by atoms with Gasteiger partial charge in [0.05, 0.1) is 17.4 Å². The van der Waals surface area contributed by atoms with Crippen LogP contribution in [0.4, 0.5) is 5.13 Å². The molecule has 1 fully saturated rings. The zero-order valence-corrected chi connectivity index (χ0v) is 14.7. The van der Waals surface area contributed by atoms with E-state index in [2.05, 4.69) is 10.3 Å². The lowest BCUT2D eigenvalue weighted by Gasteiger charge is -2.15. The molecule has 25 heavy (non-hydrogen) atoms. The van der Waals surface area contributed by atoms with Crippen LogP contribution in [0, 0.1) is 0 Å². The van der Waals surface area contributed by atoms with Crippen LogP contribution >= 0.6 is 11.3 Å². The molecule has 4 nitrogen and oxygen atoms in total. The predicted molar refractivity (Wildman–Crippen MR) is 100 cm³/mol. The van der Waals surface area contributed by atoms with Gasteiger partial charge in [-0.1, -0.05) is 53.8 Å². The molecule has 1 saturated carbocycles. The predicted octanol–water partition coefficient (Wildman–Crippen LogP) is 4.49. The van der Waals surface area contributed by atoms with Gasteiger partial charge in [-0.2, -0.15) is 0 Å². The minimum atomic E-state index is -0.426. The Morgan fingerprint density at radius 3 is 2.48 bits per heavy atom. The Morgan fingerprint density at radius 1 is 1.12 bits per heavy atom. The molecule has 1 aromatic heterocycles. The van der Waals surface area contributed by atoms with E-state index < -0.39 is 5.41 Å². The second kappa shape index (κ2) is 6.33. The summed E-state index contributed by atoms with van der Waals surface area (Å²) in [5.74, 6) is 0.819. The zero-order valence-electron chi connectivity index (χ0n) is 13.9. The van der Waals surface area contributed by atoms with Gasteiger partial charge < -0.3 is 10.1 Å². The number of nitrogens with one attached hydrogen (secondary N) is 1. The summed E-state index contributed by atoms with van der Waals surface area (Å²) in [4.78, 5) is 18.2. The summed E-state index contributed by atoms with van der Waals surface area (Å²) in [5, 5.41) is 3.64. The quantitative estimate of drug-likeness (QED) is 0.738. The number of carbonyl (C=O) groups is 1. The molecule has 2 aromatic carbocycles. The van der Waals surface area contributed by atoms with E-state index in [1.54, 1.807) is 7.11 Å². The molecule has 4 rings (SSSR count). The van der Waals surface area contributed by atoms with Gasteiger partial charge >= 0.3 is 0 Å². The summed E-state index contributed by atoms with van der Waals surface area (Å²) in [7, 11) is 1.64. The van der Waals surface area contributed by atoms with Crippen molar-refractivity contribution in [3.63, 3.8) is 0 Å². The zero-order chi connectivity index (χ0) is 17.3. The van der Waals surface area contributed by atoms with Crippen LogP contribution in [0.2, 0.25) is 0 Å². The van der Waals surface area contributed by atoms with Crippen molar-refractivity contribution in [3.05, 3.63) is 66.4 Å². The van der Waals surface area contributed by atoms with E-state index >= 15 is 0 Å². The molecule has 0 bridgehead atoms. The minimum absolute atomic E-state index is 0.0200. The fourth-order valence-electron chi connectivity index (χ4n) is 2.97. The maximum atomic E-state index is 12.8. The second-order valence-corrected chi connectivity index (χ2v) is 7.19. The number of rotatable bonds is 5. The molecule has 126 valence electrons. The molecule has 1 heterocycles. The van der Waals surface area contributed by atoms with E-state index in [1.807, 2.05) is 60.8 Å². The lowest BCUT2D eigenvalue weighted by Crippen LogP contribution is -2.27. The standard InChI is InChI=1S/C20H18N2O2S/c1-24-16-9-7-15(8-10-16)20(11-12-20)18(23)22-19-21-13-17(25-19)14-5-3-2-4-6-14/h2-10,13H,11-12H2,1H3,(H,21,22,23).